The number of carbonyl (C=O) groups is 2. The molecule has 1 saturated carbocycles. The van der Waals surface area contributed by atoms with Crippen molar-refractivity contribution in [3.63, 3.8) is 0 Å². The van der Waals surface area contributed by atoms with E-state index in [1.54, 1.807) is 0 Å². The molecule has 0 radical (unpaired) electrons. The molecule has 188 valence electrons. The van der Waals surface area contributed by atoms with Gasteiger partial charge in [-0.05, 0) is 56.4 Å². The molecule has 1 heterocycles. The minimum absolute atomic E-state index is 0.0362. The van der Waals surface area contributed by atoms with Gasteiger partial charge < -0.3 is 15.7 Å². The lowest BCUT2D eigenvalue weighted by Crippen LogP contribution is -2.63. The Morgan fingerprint density at radius 3 is 2.37 bits per heavy atom. The highest BCUT2D eigenvalue weighted by molar-refractivity contribution is 5.96. The fourth-order valence-corrected chi connectivity index (χ4v) is 4.88. The Bertz CT molecular complexity index is 1060. The molecule has 0 atom stereocenters. The van der Waals surface area contributed by atoms with Crippen LogP contribution >= 0.6 is 0 Å². The van der Waals surface area contributed by atoms with Crippen LogP contribution in [0.2, 0.25) is 0 Å². The van der Waals surface area contributed by atoms with Crippen LogP contribution in [0.5, 0.6) is 0 Å². The molecule has 9 heteroatoms. The monoisotopic (exact) mass is 489 g/mol. The number of halogens is 3. The molecular weight excluding hydrogens is 459 g/mol. The Kier molecular flexibility index (Phi) is 7.19. The molecule has 3 N–H and O–H groups in total. The van der Waals surface area contributed by atoms with Gasteiger partial charge in [0, 0.05) is 24.7 Å². The highest BCUT2D eigenvalue weighted by atomic mass is 19.4. The zero-order chi connectivity index (χ0) is 25.2. The maximum atomic E-state index is 12.8. The fraction of sp³-hybridized carbons (Fsp3) is 0.462. The number of benzene rings is 2. The third-order valence-corrected chi connectivity index (χ3v) is 7.02. The zero-order valence-corrected chi connectivity index (χ0v) is 19.6. The molecule has 1 aliphatic carbocycles. The van der Waals surface area contributed by atoms with Gasteiger partial charge in [-0.3, -0.25) is 14.5 Å². The van der Waals surface area contributed by atoms with Crippen LogP contribution in [-0.4, -0.2) is 53.5 Å². The van der Waals surface area contributed by atoms with Crippen molar-refractivity contribution in [1.29, 1.82) is 0 Å². The molecule has 1 aliphatic heterocycles. The molecule has 0 aromatic heterocycles. The number of carbonyl (C=O) groups excluding carboxylic acids is 2. The second kappa shape index (κ2) is 9.99. The maximum Gasteiger partial charge on any atom is 0.416 e. The molecule has 6 nitrogen and oxygen atoms in total. The van der Waals surface area contributed by atoms with Crippen molar-refractivity contribution in [2.45, 2.75) is 56.5 Å². The number of hydrogen-bond donors (Lipinski definition) is 3. The van der Waals surface area contributed by atoms with Gasteiger partial charge in [-0.15, -0.1) is 0 Å². The van der Waals surface area contributed by atoms with Gasteiger partial charge in [0.05, 0.1) is 23.8 Å². The summed E-state index contributed by atoms with van der Waals surface area (Å²) in [7, 11) is 0. The number of rotatable bonds is 6. The molecule has 35 heavy (non-hydrogen) atoms. The van der Waals surface area contributed by atoms with Gasteiger partial charge in [0.2, 0.25) is 5.91 Å². The van der Waals surface area contributed by atoms with Crippen molar-refractivity contribution >= 4 is 11.8 Å². The lowest BCUT2D eigenvalue weighted by molar-refractivity contribution is -0.137. The molecule has 0 spiro atoms. The van der Waals surface area contributed by atoms with E-state index in [9.17, 15) is 27.9 Å². The summed E-state index contributed by atoms with van der Waals surface area (Å²) in [6, 6.07) is 12.4. The number of alkyl halides is 3. The van der Waals surface area contributed by atoms with Crippen LogP contribution in [0.15, 0.2) is 48.5 Å². The van der Waals surface area contributed by atoms with Crippen LogP contribution in [0.4, 0.5) is 13.2 Å². The number of aryl methyl sites for hydroxylation is 1. The summed E-state index contributed by atoms with van der Waals surface area (Å²) in [5.41, 5.74) is 0.271. The Morgan fingerprint density at radius 2 is 1.74 bits per heavy atom. The average Bonchev–Trinajstić information content (AvgIpc) is 2.80. The highest BCUT2D eigenvalue weighted by Gasteiger charge is 2.40. The lowest BCUT2D eigenvalue weighted by Gasteiger charge is -2.48. The fourth-order valence-electron chi connectivity index (χ4n) is 4.88. The highest BCUT2D eigenvalue weighted by Crippen LogP contribution is 2.39. The van der Waals surface area contributed by atoms with Gasteiger partial charge in [0.25, 0.3) is 5.91 Å². The number of hydrogen-bond acceptors (Lipinski definition) is 4. The largest absolute Gasteiger partial charge is 0.416 e. The Morgan fingerprint density at radius 1 is 1.09 bits per heavy atom. The summed E-state index contributed by atoms with van der Waals surface area (Å²) < 4.78 is 38.5. The van der Waals surface area contributed by atoms with Crippen LogP contribution in [0.1, 0.15) is 52.7 Å². The molecular formula is C26H30F3N3O3. The Labute approximate surface area is 202 Å². The van der Waals surface area contributed by atoms with Gasteiger partial charge in [-0.1, -0.05) is 35.9 Å². The smallest absolute Gasteiger partial charge is 0.385 e. The van der Waals surface area contributed by atoms with E-state index in [0.29, 0.717) is 32.0 Å². The molecule has 2 aliphatic rings. The van der Waals surface area contributed by atoms with Crippen molar-refractivity contribution < 1.29 is 27.9 Å². The first-order valence-electron chi connectivity index (χ1n) is 11.8. The van der Waals surface area contributed by atoms with Crippen molar-refractivity contribution in [2.75, 3.05) is 19.6 Å². The third-order valence-electron chi connectivity index (χ3n) is 7.02. The van der Waals surface area contributed by atoms with Crippen LogP contribution in [0, 0.1) is 6.92 Å². The number of aliphatic hydroxyl groups is 1. The number of likely N-dealkylation sites (tertiary alicyclic amines) is 1. The zero-order valence-electron chi connectivity index (χ0n) is 19.6. The summed E-state index contributed by atoms with van der Waals surface area (Å²) in [6.07, 6.45) is -1.41. The Balaban J connectivity index is 1.18. The van der Waals surface area contributed by atoms with E-state index in [2.05, 4.69) is 15.5 Å². The molecule has 2 aromatic rings. The van der Waals surface area contributed by atoms with Gasteiger partial charge in [0.15, 0.2) is 0 Å². The number of nitrogens with zero attached hydrogens (tertiary/aromatic N) is 1. The quantitative estimate of drug-likeness (QED) is 0.581. The van der Waals surface area contributed by atoms with E-state index in [-0.39, 0.29) is 24.1 Å². The molecule has 0 unspecified atom stereocenters. The number of amides is 2. The van der Waals surface area contributed by atoms with E-state index in [4.69, 9.17) is 0 Å². The summed E-state index contributed by atoms with van der Waals surface area (Å²) in [6.45, 7) is 3.11. The first-order valence-corrected chi connectivity index (χ1v) is 11.8. The minimum atomic E-state index is -4.54. The van der Waals surface area contributed by atoms with Crippen LogP contribution in [0.25, 0.3) is 0 Å². The van der Waals surface area contributed by atoms with Crippen LogP contribution < -0.4 is 10.6 Å². The standard InChI is InChI=1S/C26H30F3N3O3/c1-17-5-7-19(8-6-17)25(35)11-9-22(10-12-25)32-15-21(16-32)31-23(33)14-30-24(34)18-3-2-4-20(13-18)26(27,28)29/h2-8,13,21-22,35H,9-12,14-16H2,1H3,(H,30,34)(H,31,33)/t22-,25-. The van der Waals surface area contributed by atoms with E-state index in [1.807, 2.05) is 31.2 Å². The molecule has 2 aromatic carbocycles. The molecule has 0 bridgehead atoms. The molecule has 2 fully saturated rings. The van der Waals surface area contributed by atoms with Crippen molar-refractivity contribution in [3.8, 4) is 0 Å². The Hall–Kier alpha value is -2.91. The van der Waals surface area contributed by atoms with E-state index in [0.717, 1.165) is 42.2 Å². The number of nitrogens with one attached hydrogen (secondary N) is 2. The minimum Gasteiger partial charge on any atom is -0.385 e. The van der Waals surface area contributed by atoms with E-state index >= 15 is 0 Å². The summed E-state index contributed by atoms with van der Waals surface area (Å²) in [5.74, 6) is -1.11. The second-order valence-corrected chi connectivity index (χ2v) is 9.61. The van der Waals surface area contributed by atoms with E-state index < -0.39 is 23.2 Å². The summed E-state index contributed by atoms with van der Waals surface area (Å²) >= 11 is 0. The van der Waals surface area contributed by atoms with Gasteiger partial charge in [-0.2, -0.15) is 13.2 Å². The molecule has 4 rings (SSSR count). The van der Waals surface area contributed by atoms with Crippen LogP contribution in [0.3, 0.4) is 0 Å². The van der Waals surface area contributed by atoms with Crippen LogP contribution in [-0.2, 0) is 16.6 Å². The predicted molar refractivity (Wildman–Crippen MR) is 125 cm³/mol. The topological polar surface area (TPSA) is 81.7 Å². The second-order valence-electron chi connectivity index (χ2n) is 9.61. The van der Waals surface area contributed by atoms with Crippen molar-refractivity contribution in [1.82, 2.24) is 15.5 Å². The van der Waals surface area contributed by atoms with E-state index in [1.165, 1.54) is 6.07 Å². The molecule has 2 amide bonds. The van der Waals surface area contributed by atoms with Gasteiger partial charge in [-0.25, -0.2) is 0 Å². The predicted octanol–water partition coefficient (Wildman–Crippen LogP) is 3.37. The SMILES string of the molecule is Cc1ccc([C@]2(O)CC[C@H](N3CC(NC(=O)CNC(=O)c4cccc(C(F)(F)F)c4)C3)CC2)cc1. The van der Waals surface area contributed by atoms with Gasteiger partial charge in [0.1, 0.15) is 0 Å². The van der Waals surface area contributed by atoms with Gasteiger partial charge >= 0.3 is 6.18 Å². The summed E-state index contributed by atoms with van der Waals surface area (Å²) in [5, 5.41) is 16.3. The summed E-state index contributed by atoms with van der Waals surface area (Å²) in [4.78, 5) is 26.6. The normalized spacial score (nSPS) is 23.4. The first kappa shape index (κ1) is 25.2. The van der Waals surface area contributed by atoms with Crippen molar-refractivity contribution in [2.24, 2.45) is 0 Å². The third kappa shape index (κ3) is 6.02. The molecule has 1 saturated heterocycles. The van der Waals surface area contributed by atoms with Crippen molar-refractivity contribution in [3.05, 3.63) is 70.8 Å². The first-order chi connectivity index (χ1) is 16.5. The maximum absolute atomic E-state index is 12.8. The average molecular weight is 490 g/mol. The lowest BCUT2D eigenvalue weighted by atomic mass is 9.76.